The topological polar surface area (TPSA) is 25.2 Å². The lowest BCUT2D eigenvalue weighted by Gasteiger charge is -2.25. The summed E-state index contributed by atoms with van der Waals surface area (Å²) in [7, 11) is 0. The molecule has 84 valence electrons. The second-order valence-electron chi connectivity index (χ2n) is 4.27. The van der Waals surface area contributed by atoms with Crippen LogP contribution in [0.3, 0.4) is 0 Å². The van der Waals surface area contributed by atoms with Gasteiger partial charge in [0.2, 0.25) is 0 Å². The van der Waals surface area contributed by atoms with E-state index in [1.165, 1.54) is 24.3 Å². The number of furan rings is 1. The quantitative estimate of drug-likeness (QED) is 0.853. The Kier molecular flexibility index (Phi) is 4.15. The van der Waals surface area contributed by atoms with Gasteiger partial charge in [-0.05, 0) is 37.7 Å². The maximum atomic E-state index is 5.35. The Balaban J connectivity index is 1.74. The minimum Gasteiger partial charge on any atom is -0.469 e. The van der Waals surface area contributed by atoms with E-state index in [4.69, 9.17) is 4.42 Å². The lowest BCUT2D eigenvalue weighted by atomic mass is 10.1. The van der Waals surface area contributed by atoms with Crippen LogP contribution in [0.5, 0.6) is 0 Å². The second kappa shape index (κ2) is 5.61. The minimum atomic E-state index is 0.514. The molecule has 0 saturated carbocycles. The third-order valence-corrected chi connectivity index (χ3v) is 3.98. The normalized spacial score (nSPS) is 23.9. The van der Waals surface area contributed by atoms with E-state index in [0.717, 1.165) is 12.2 Å². The van der Waals surface area contributed by atoms with Gasteiger partial charge in [0.1, 0.15) is 5.76 Å². The molecule has 0 amide bonds. The van der Waals surface area contributed by atoms with Crippen molar-refractivity contribution in [2.45, 2.75) is 38.3 Å². The van der Waals surface area contributed by atoms with E-state index in [0.29, 0.717) is 12.1 Å². The Bertz CT molecular complexity index is 267. The Morgan fingerprint density at radius 3 is 3.27 bits per heavy atom. The third-order valence-electron chi connectivity index (χ3n) is 2.77. The Hall–Kier alpha value is -0.410. The van der Waals surface area contributed by atoms with Gasteiger partial charge in [-0.15, -0.1) is 0 Å². The van der Waals surface area contributed by atoms with Crippen LogP contribution in [-0.4, -0.2) is 23.6 Å². The van der Waals surface area contributed by atoms with Gasteiger partial charge in [0.25, 0.3) is 0 Å². The first-order valence-electron chi connectivity index (χ1n) is 5.71. The van der Waals surface area contributed by atoms with E-state index in [-0.39, 0.29) is 0 Å². The summed E-state index contributed by atoms with van der Waals surface area (Å²) in [5.74, 6) is 3.69. The summed E-state index contributed by atoms with van der Waals surface area (Å²) in [4.78, 5) is 0. The van der Waals surface area contributed by atoms with Crippen LogP contribution in [-0.2, 0) is 6.42 Å². The molecule has 15 heavy (non-hydrogen) atoms. The van der Waals surface area contributed by atoms with Crippen LogP contribution in [0.2, 0.25) is 0 Å². The van der Waals surface area contributed by atoms with Gasteiger partial charge in [0, 0.05) is 24.3 Å². The molecule has 3 heteroatoms. The molecule has 0 aromatic carbocycles. The van der Waals surface area contributed by atoms with Crippen molar-refractivity contribution in [2.75, 3.05) is 11.5 Å². The lowest BCUT2D eigenvalue weighted by molar-refractivity contribution is 0.410. The molecule has 1 aromatic heterocycles. The highest BCUT2D eigenvalue weighted by Crippen LogP contribution is 2.17. The highest BCUT2D eigenvalue weighted by molar-refractivity contribution is 7.99. The van der Waals surface area contributed by atoms with Gasteiger partial charge in [-0.25, -0.2) is 0 Å². The van der Waals surface area contributed by atoms with Crippen molar-refractivity contribution in [2.24, 2.45) is 0 Å². The van der Waals surface area contributed by atoms with Gasteiger partial charge in [-0.1, -0.05) is 0 Å². The molecule has 2 unspecified atom stereocenters. The standard InChI is InChI=1S/C12H19NOS/c1-10(8-12-5-2-6-14-12)13-11-4-3-7-15-9-11/h2,5-6,10-11,13H,3-4,7-9H2,1H3. The van der Waals surface area contributed by atoms with E-state index in [9.17, 15) is 0 Å². The fourth-order valence-electron chi connectivity index (χ4n) is 2.06. The first kappa shape index (κ1) is 11.1. The molecule has 2 atom stereocenters. The summed E-state index contributed by atoms with van der Waals surface area (Å²) < 4.78 is 5.35. The smallest absolute Gasteiger partial charge is 0.105 e. The van der Waals surface area contributed by atoms with Gasteiger partial charge in [-0.3, -0.25) is 0 Å². The fraction of sp³-hybridized carbons (Fsp3) is 0.667. The molecule has 2 rings (SSSR count). The van der Waals surface area contributed by atoms with Crippen molar-refractivity contribution >= 4 is 11.8 Å². The largest absolute Gasteiger partial charge is 0.469 e. The second-order valence-corrected chi connectivity index (χ2v) is 5.42. The first-order chi connectivity index (χ1) is 7.34. The summed E-state index contributed by atoms with van der Waals surface area (Å²) >= 11 is 2.07. The fourth-order valence-corrected chi connectivity index (χ4v) is 3.15. The van der Waals surface area contributed by atoms with Crippen LogP contribution in [0.15, 0.2) is 22.8 Å². The van der Waals surface area contributed by atoms with Gasteiger partial charge in [0.05, 0.1) is 6.26 Å². The summed E-state index contributed by atoms with van der Waals surface area (Å²) in [5.41, 5.74) is 0. The molecule has 1 aliphatic rings. The van der Waals surface area contributed by atoms with E-state index in [1.54, 1.807) is 6.26 Å². The van der Waals surface area contributed by atoms with Crippen LogP contribution in [0, 0.1) is 0 Å². The SMILES string of the molecule is CC(Cc1ccco1)NC1CCCSC1. The molecular formula is C12H19NOS. The number of nitrogens with one attached hydrogen (secondary N) is 1. The van der Waals surface area contributed by atoms with Crippen molar-refractivity contribution in [3.63, 3.8) is 0 Å². The molecule has 2 heterocycles. The van der Waals surface area contributed by atoms with Crippen molar-refractivity contribution in [1.29, 1.82) is 0 Å². The van der Waals surface area contributed by atoms with Crippen LogP contribution in [0.1, 0.15) is 25.5 Å². The highest BCUT2D eigenvalue weighted by atomic mass is 32.2. The molecule has 1 saturated heterocycles. The number of rotatable bonds is 4. The molecule has 0 bridgehead atoms. The number of thioether (sulfide) groups is 1. The molecular weight excluding hydrogens is 206 g/mol. The third kappa shape index (κ3) is 3.58. The molecule has 1 aromatic rings. The average molecular weight is 225 g/mol. The highest BCUT2D eigenvalue weighted by Gasteiger charge is 2.16. The van der Waals surface area contributed by atoms with E-state index in [1.807, 2.05) is 12.1 Å². The number of hydrogen-bond acceptors (Lipinski definition) is 3. The Labute approximate surface area is 95.8 Å². The minimum absolute atomic E-state index is 0.514. The predicted octanol–water partition coefficient (Wildman–Crippen LogP) is 2.70. The maximum Gasteiger partial charge on any atom is 0.105 e. The zero-order valence-corrected chi connectivity index (χ0v) is 10.1. The monoisotopic (exact) mass is 225 g/mol. The lowest BCUT2D eigenvalue weighted by Crippen LogP contribution is -2.40. The molecule has 1 fully saturated rings. The van der Waals surface area contributed by atoms with Crippen LogP contribution >= 0.6 is 11.8 Å². The summed E-state index contributed by atoms with van der Waals surface area (Å²) in [6.45, 7) is 2.24. The van der Waals surface area contributed by atoms with Crippen molar-refractivity contribution in [3.8, 4) is 0 Å². The Morgan fingerprint density at radius 1 is 1.67 bits per heavy atom. The molecule has 1 aliphatic heterocycles. The summed E-state index contributed by atoms with van der Waals surface area (Å²) in [5, 5.41) is 3.68. The van der Waals surface area contributed by atoms with Crippen molar-refractivity contribution < 1.29 is 4.42 Å². The molecule has 0 aliphatic carbocycles. The van der Waals surface area contributed by atoms with Crippen molar-refractivity contribution in [3.05, 3.63) is 24.2 Å². The Morgan fingerprint density at radius 2 is 2.60 bits per heavy atom. The maximum absolute atomic E-state index is 5.35. The van der Waals surface area contributed by atoms with Crippen LogP contribution < -0.4 is 5.32 Å². The molecule has 0 spiro atoms. The number of hydrogen-bond donors (Lipinski definition) is 1. The van der Waals surface area contributed by atoms with Gasteiger partial charge in [0.15, 0.2) is 0 Å². The van der Waals surface area contributed by atoms with Crippen molar-refractivity contribution in [1.82, 2.24) is 5.32 Å². The summed E-state index contributed by atoms with van der Waals surface area (Å²) in [6.07, 6.45) is 5.43. The summed E-state index contributed by atoms with van der Waals surface area (Å²) in [6, 6.07) is 5.22. The van der Waals surface area contributed by atoms with E-state index >= 15 is 0 Å². The molecule has 2 nitrogen and oxygen atoms in total. The predicted molar refractivity (Wildman–Crippen MR) is 65.4 cm³/mol. The zero-order chi connectivity index (χ0) is 10.5. The first-order valence-corrected chi connectivity index (χ1v) is 6.86. The molecule has 1 N–H and O–H groups in total. The van der Waals surface area contributed by atoms with E-state index < -0.39 is 0 Å². The zero-order valence-electron chi connectivity index (χ0n) is 9.24. The van der Waals surface area contributed by atoms with Gasteiger partial charge in [-0.2, -0.15) is 11.8 Å². The van der Waals surface area contributed by atoms with E-state index in [2.05, 4.69) is 24.0 Å². The van der Waals surface area contributed by atoms with Crippen LogP contribution in [0.4, 0.5) is 0 Å². The van der Waals surface area contributed by atoms with Crippen LogP contribution in [0.25, 0.3) is 0 Å². The molecule has 0 radical (unpaired) electrons. The van der Waals surface area contributed by atoms with Gasteiger partial charge < -0.3 is 9.73 Å². The average Bonchev–Trinajstić information content (AvgIpc) is 2.71. The van der Waals surface area contributed by atoms with Gasteiger partial charge >= 0.3 is 0 Å².